The highest BCUT2D eigenvalue weighted by atomic mass is 32.2. The molecule has 0 bridgehead atoms. The van der Waals surface area contributed by atoms with Crippen molar-refractivity contribution in [2.45, 2.75) is 19.9 Å². The molecule has 0 radical (unpaired) electrons. The van der Waals surface area contributed by atoms with Gasteiger partial charge in [0.15, 0.2) is 5.78 Å². The molecule has 1 unspecified atom stereocenters. The molecule has 0 saturated carbocycles. The van der Waals surface area contributed by atoms with Gasteiger partial charge in [-0.25, -0.2) is 13.2 Å². The minimum atomic E-state index is -3.42. The van der Waals surface area contributed by atoms with Crippen molar-refractivity contribution in [2.75, 3.05) is 22.4 Å². The lowest BCUT2D eigenvalue weighted by Gasteiger charge is -2.19. The first kappa shape index (κ1) is 20.5. The smallest absolute Gasteiger partial charge is 0.292 e. The van der Waals surface area contributed by atoms with Gasteiger partial charge >= 0.3 is 6.03 Å². The van der Waals surface area contributed by atoms with E-state index in [0.717, 1.165) is 16.7 Å². The Balaban J connectivity index is 1.75. The van der Waals surface area contributed by atoms with Crippen molar-refractivity contribution in [3.8, 4) is 0 Å². The molecule has 0 aromatic heterocycles. The third kappa shape index (κ3) is 4.45. The second-order valence-electron chi connectivity index (χ2n) is 6.96. The number of aryl methyl sites for hydroxylation is 1. The molecule has 0 spiro atoms. The number of hydrogen-bond acceptors (Lipinski definition) is 5. The summed E-state index contributed by atoms with van der Waals surface area (Å²) in [5, 5.41) is 0. The van der Waals surface area contributed by atoms with E-state index in [4.69, 9.17) is 0 Å². The number of amides is 3. The molecule has 29 heavy (non-hydrogen) atoms. The number of carbonyl (C=O) groups excluding carboxylic acids is 3. The molecule has 2 aromatic rings. The lowest BCUT2D eigenvalue weighted by atomic mass is 10.1. The molecule has 1 aliphatic heterocycles. The number of rotatable bonds is 6. The third-order valence-electron chi connectivity index (χ3n) is 4.57. The van der Waals surface area contributed by atoms with Gasteiger partial charge in [-0.3, -0.25) is 24.1 Å². The topological polar surface area (TPSA) is 104 Å². The summed E-state index contributed by atoms with van der Waals surface area (Å²) in [6.45, 7) is 3.16. The van der Waals surface area contributed by atoms with Crippen LogP contribution in [0.5, 0.6) is 0 Å². The van der Waals surface area contributed by atoms with Crippen molar-refractivity contribution >= 4 is 39.1 Å². The number of imide groups is 1. The van der Waals surface area contributed by atoms with Gasteiger partial charge < -0.3 is 0 Å². The zero-order chi connectivity index (χ0) is 21.3. The zero-order valence-electron chi connectivity index (χ0n) is 16.2. The van der Waals surface area contributed by atoms with Crippen LogP contribution in [0.25, 0.3) is 0 Å². The SMILES string of the molecule is Cc1ccc(N2C(=O)N(CC(=O)c3ccc(NS(C)(=O)=O)cc3)C(=O)C2C)cc1. The number of urea groups is 1. The van der Waals surface area contributed by atoms with E-state index in [1.165, 1.54) is 29.2 Å². The van der Waals surface area contributed by atoms with Gasteiger partial charge in [0.25, 0.3) is 5.91 Å². The number of hydrogen-bond donors (Lipinski definition) is 1. The molecule has 1 heterocycles. The Bertz CT molecular complexity index is 1060. The average Bonchev–Trinajstić information content (AvgIpc) is 2.85. The summed E-state index contributed by atoms with van der Waals surface area (Å²) in [6, 6.07) is 11.7. The number of nitrogens with zero attached hydrogens (tertiary/aromatic N) is 2. The van der Waals surface area contributed by atoms with Gasteiger partial charge in [-0.15, -0.1) is 0 Å². The third-order valence-corrected chi connectivity index (χ3v) is 5.18. The molecular weight excluding hydrogens is 394 g/mol. The van der Waals surface area contributed by atoms with Crippen molar-refractivity contribution < 1.29 is 22.8 Å². The van der Waals surface area contributed by atoms with Crippen LogP contribution in [0.4, 0.5) is 16.2 Å². The molecule has 1 N–H and O–H groups in total. The zero-order valence-corrected chi connectivity index (χ0v) is 17.1. The maximum atomic E-state index is 12.8. The number of nitrogens with one attached hydrogen (secondary N) is 1. The highest BCUT2D eigenvalue weighted by Gasteiger charge is 2.44. The molecule has 1 fully saturated rings. The van der Waals surface area contributed by atoms with Gasteiger partial charge in [0, 0.05) is 16.9 Å². The minimum Gasteiger partial charge on any atom is -0.292 e. The van der Waals surface area contributed by atoms with Crippen molar-refractivity contribution in [2.24, 2.45) is 0 Å². The predicted octanol–water partition coefficient (Wildman–Crippen LogP) is 2.41. The second kappa shape index (κ2) is 7.67. The van der Waals surface area contributed by atoms with Crippen LogP contribution >= 0.6 is 0 Å². The van der Waals surface area contributed by atoms with Crippen molar-refractivity contribution in [3.05, 3.63) is 59.7 Å². The summed E-state index contributed by atoms with van der Waals surface area (Å²) in [5.74, 6) is -0.866. The lowest BCUT2D eigenvalue weighted by Crippen LogP contribution is -2.37. The van der Waals surface area contributed by atoms with Gasteiger partial charge in [0.1, 0.15) is 6.04 Å². The van der Waals surface area contributed by atoms with Crippen molar-refractivity contribution in [1.82, 2.24) is 4.90 Å². The monoisotopic (exact) mass is 415 g/mol. The average molecular weight is 415 g/mol. The Labute approximate surface area is 169 Å². The van der Waals surface area contributed by atoms with Crippen molar-refractivity contribution in [1.29, 1.82) is 0 Å². The standard InChI is InChI=1S/C20H21N3O5S/c1-13-4-10-17(11-5-13)23-14(2)19(25)22(20(23)26)12-18(24)15-6-8-16(9-7-15)21-29(3,27)28/h4-11,14,21H,12H2,1-3H3. The molecular formula is C20H21N3O5S. The summed E-state index contributed by atoms with van der Waals surface area (Å²) in [5.41, 5.74) is 2.20. The summed E-state index contributed by atoms with van der Waals surface area (Å²) in [4.78, 5) is 40.3. The number of anilines is 2. The fraction of sp³-hybridized carbons (Fsp3) is 0.250. The van der Waals surface area contributed by atoms with E-state index in [-0.39, 0.29) is 12.1 Å². The summed E-state index contributed by atoms with van der Waals surface area (Å²) < 4.78 is 24.8. The summed E-state index contributed by atoms with van der Waals surface area (Å²) >= 11 is 0. The van der Waals surface area contributed by atoms with E-state index in [1.54, 1.807) is 19.1 Å². The minimum absolute atomic E-state index is 0.270. The normalized spacial score (nSPS) is 17.0. The van der Waals surface area contributed by atoms with E-state index >= 15 is 0 Å². The van der Waals surface area contributed by atoms with Gasteiger partial charge in [-0.2, -0.15) is 0 Å². The quantitative estimate of drug-likeness (QED) is 0.576. The number of ketones is 1. The Morgan fingerprint density at radius 2 is 1.62 bits per heavy atom. The predicted molar refractivity (Wildman–Crippen MR) is 109 cm³/mol. The maximum Gasteiger partial charge on any atom is 0.332 e. The van der Waals surface area contributed by atoms with E-state index in [1.807, 2.05) is 19.1 Å². The molecule has 1 atom stereocenters. The van der Waals surface area contributed by atoms with Gasteiger partial charge in [-0.1, -0.05) is 17.7 Å². The Morgan fingerprint density at radius 1 is 1.03 bits per heavy atom. The largest absolute Gasteiger partial charge is 0.332 e. The van der Waals surface area contributed by atoms with Crippen LogP contribution in [0, 0.1) is 6.92 Å². The Hall–Kier alpha value is -3.20. The van der Waals surface area contributed by atoms with Crippen LogP contribution in [0.15, 0.2) is 48.5 Å². The molecule has 3 amide bonds. The molecule has 8 nitrogen and oxygen atoms in total. The number of benzene rings is 2. The second-order valence-corrected chi connectivity index (χ2v) is 8.71. The van der Waals surface area contributed by atoms with Crippen LogP contribution in [-0.4, -0.2) is 49.9 Å². The maximum absolute atomic E-state index is 12.8. The summed E-state index contributed by atoms with van der Waals surface area (Å²) in [7, 11) is -3.42. The van der Waals surface area contributed by atoms with Gasteiger partial charge in [-0.05, 0) is 50.2 Å². The molecule has 3 rings (SSSR count). The van der Waals surface area contributed by atoms with Crippen LogP contribution in [0.1, 0.15) is 22.8 Å². The highest BCUT2D eigenvalue weighted by molar-refractivity contribution is 7.92. The van der Waals surface area contributed by atoms with Gasteiger partial charge in [0.2, 0.25) is 10.0 Å². The first-order valence-electron chi connectivity index (χ1n) is 8.89. The fourth-order valence-electron chi connectivity index (χ4n) is 3.08. The molecule has 152 valence electrons. The molecule has 9 heteroatoms. The van der Waals surface area contributed by atoms with Crippen LogP contribution in [0.2, 0.25) is 0 Å². The van der Waals surface area contributed by atoms with Crippen LogP contribution < -0.4 is 9.62 Å². The number of carbonyl (C=O) groups is 3. The first-order valence-corrected chi connectivity index (χ1v) is 10.8. The first-order chi connectivity index (χ1) is 13.6. The van der Waals surface area contributed by atoms with Crippen molar-refractivity contribution in [3.63, 3.8) is 0 Å². The Kier molecular flexibility index (Phi) is 5.43. The molecule has 1 aliphatic rings. The van der Waals surface area contributed by atoms with Crippen LogP contribution in [0.3, 0.4) is 0 Å². The summed E-state index contributed by atoms with van der Waals surface area (Å²) in [6.07, 6.45) is 1.03. The number of Topliss-reactive ketones (excluding diaryl/α,β-unsaturated/α-hetero) is 1. The van der Waals surface area contributed by atoms with Crippen LogP contribution in [-0.2, 0) is 14.8 Å². The molecule has 0 aliphatic carbocycles. The Morgan fingerprint density at radius 3 is 2.17 bits per heavy atom. The van der Waals surface area contributed by atoms with E-state index in [2.05, 4.69) is 4.72 Å². The lowest BCUT2D eigenvalue weighted by molar-refractivity contribution is -0.126. The fourth-order valence-corrected chi connectivity index (χ4v) is 3.65. The van der Waals surface area contributed by atoms with E-state index in [9.17, 15) is 22.8 Å². The van der Waals surface area contributed by atoms with Gasteiger partial charge in [0.05, 0.1) is 12.8 Å². The molecule has 2 aromatic carbocycles. The highest BCUT2D eigenvalue weighted by Crippen LogP contribution is 2.26. The molecule has 1 saturated heterocycles. The van der Waals surface area contributed by atoms with E-state index < -0.39 is 33.8 Å². The number of sulfonamides is 1. The van der Waals surface area contributed by atoms with E-state index in [0.29, 0.717) is 11.4 Å².